The number of benzene rings is 2. The van der Waals surface area contributed by atoms with Crippen molar-refractivity contribution in [2.45, 2.75) is 25.3 Å². The Bertz CT molecular complexity index is 934. The van der Waals surface area contributed by atoms with E-state index < -0.39 is 10.0 Å². The molecular formula is C20H25N3O4S. The van der Waals surface area contributed by atoms with Crippen LogP contribution < -0.4 is 10.6 Å². The minimum absolute atomic E-state index is 0.0548. The maximum atomic E-state index is 12.3. The fourth-order valence-electron chi connectivity index (χ4n) is 2.27. The predicted octanol–water partition coefficient (Wildman–Crippen LogP) is 2.46. The highest BCUT2D eigenvalue weighted by Crippen LogP contribution is 2.14. The van der Waals surface area contributed by atoms with Gasteiger partial charge in [0.15, 0.2) is 0 Å². The Labute approximate surface area is 165 Å². The maximum absolute atomic E-state index is 12.3. The lowest BCUT2D eigenvalue weighted by molar-refractivity contribution is -0.118. The molecule has 0 fully saturated rings. The van der Waals surface area contributed by atoms with Gasteiger partial charge in [0.2, 0.25) is 15.9 Å². The molecule has 0 heterocycles. The Hall–Kier alpha value is -2.71. The summed E-state index contributed by atoms with van der Waals surface area (Å²) in [6, 6.07) is 13.0. The van der Waals surface area contributed by atoms with Gasteiger partial charge in [0.05, 0.1) is 4.90 Å². The standard InChI is InChI=1S/C20H25N3O4S/c1-14(2)19(24)22-17-9-5-15(6-10-17)13-21-20(25)16-7-11-18(12-8-16)28(26,27)23(3)4/h5-12,14H,13H2,1-4H3,(H,21,25)(H,22,24). The highest BCUT2D eigenvalue weighted by atomic mass is 32.2. The summed E-state index contributed by atoms with van der Waals surface area (Å²) in [6.45, 7) is 3.96. The van der Waals surface area contributed by atoms with Crippen molar-refractivity contribution in [2.75, 3.05) is 19.4 Å². The monoisotopic (exact) mass is 403 g/mol. The third kappa shape index (κ3) is 5.40. The van der Waals surface area contributed by atoms with Crippen LogP contribution in [0.3, 0.4) is 0 Å². The fraction of sp³-hybridized carbons (Fsp3) is 0.300. The number of sulfonamides is 1. The summed E-state index contributed by atoms with van der Waals surface area (Å²) in [5.41, 5.74) is 1.95. The molecule has 0 spiro atoms. The zero-order valence-electron chi connectivity index (χ0n) is 16.4. The number of hydrogen-bond acceptors (Lipinski definition) is 4. The van der Waals surface area contributed by atoms with Crippen molar-refractivity contribution in [2.24, 2.45) is 5.92 Å². The van der Waals surface area contributed by atoms with Gasteiger partial charge in [-0.2, -0.15) is 0 Å². The third-order valence-corrected chi connectivity index (χ3v) is 5.92. The van der Waals surface area contributed by atoms with E-state index in [0.717, 1.165) is 9.87 Å². The van der Waals surface area contributed by atoms with Crippen LogP contribution in [-0.2, 0) is 21.4 Å². The van der Waals surface area contributed by atoms with Crippen molar-refractivity contribution in [3.05, 3.63) is 59.7 Å². The number of amides is 2. The van der Waals surface area contributed by atoms with Gasteiger partial charge in [-0.25, -0.2) is 12.7 Å². The molecule has 0 aliphatic rings. The largest absolute Gasteiger partial charge is 0.348 e. The van der Waals surface area contributed by atoms with Crippen LogP contribution in [0, 0.1) is 5.92 Å². The van der Waals surface area contributed by atoms with Crippen molar-refractivity contribution in [1.82, 2.24) is 9.62 Å². The number of hydrogen-bond donors (Lipinski definition) is 2. The van der Waals surface area contributed by atoms with Gasteiger partial charge in [0.1, 0.15) is 0 Å². The zero-order chi connectivity index (χ0) is 20.9. The van der Waals surface area contributed by atoms with Crippen LogP contribution in [-0.4, -0.2) is 38.6 Å². The SMILES string of the molecule is CC(C)C(=O)Nc1ccc(CNC(=O)c2ccc(S(=O)(=O)N(C)C)cc2)cc1. The molecule has 0 aromatic heterocycles. The first-order valence-electron chi connectivity index (χ1n) is 8.82. The van der Waals surface area contributed by atoms with E-state index in [1.54, 1.807) is 12.1 Å². The lowest BCUT2D eigenvalue weighted by Gasteiger charge is -2.12. The highest BCUT2D eigenvalue weighted by Gasteiger charge is 2.17. The number of anilines is 1. The molecule has 8 heteroatoms. The van der Waals surface area contributed by atoms with E-state index in [1.165, 1.54) is 38.4 Å². The first-order chi connectivity index (χ1) is 13.1. The fourth-order valence-corrected chi connectivity index (χ4v) is 3.17. The first-order valence-corrected chi connectivity index (χ1v) is 10.3. The van der Waals surface area contributed by atoms with Gasteiger partial charge in [-0.15, -0.1) is 0 Å². The summed E-state index contributed by atoms with van der Waals surface area (Å²) in [4.78, 5) is 24.1. The Kier molecular flexibility index (Phi) is 6.93. The minimum atomic E-state index is -3.52. The molecule has 2 N–H and O–H groups in total. The van der Waals surface area contributed by atoms with Crippen LogP contribution in [0.4, 0.5) is 5.69 Å². The zero-order valence-corrected chi connectivity index (χ0v) is 17.2. The van der Waals surface area contributed by atoms with Crippen molar-refractivity contribution in [3.8, 4) is 0 Å². The molecule has 150 valence electrons. The molecule has 7 nitrogen and oxygen atoms in total. The summed E-state index contributed by atoms with van der Waals surface area (Å²) < 4.78 is 25.2. The number of nitrogens with zero attached hydrogens (tertiary/aromatic N) is 1. The van der Waals surface area contributed by atoms with Crippen molar-refractivity contribution in [3.63, 3.8) is 0 Å². The molecular weight excluding hydrogens is 378 g/mol. The number of nitrogens with one attached hydrogen (secondary N) is 2. The van der Waals surface area contributed by atoms with Crippen molar-refractivity contribution < 1.29 is 18.0 Å². The molecule has 0 aliphatic carbocycles. The quantitative estimate of drug-likeness (QED) is 0.742. The average Bonchev–Trinajstić information content (AvgIpc) is 2.67. The Balaban J connectivity index is 1.96. The smallest absolute Gasteiger partial charge is 0.251 e. The van der Waals surface area contributed by atoms with Gasteiger partial charge in [0.25, 0.3) is 5.91 Å². The Morgan fingerprint density at radius 2 is 1.54 bits per heavy atom. The number of carbonyl (C=O) groups excluding carboxylic acids is 2. The van der Waals surface area contributed by atoms with Gasteiger partial charge >= 0.3 is 0 Å². The van der Waals surface area contributed by atoms with Crippen LogP contribution in [0.15, 0.2) is 53.4 Å². The second-order valence-electron chi connectivity index (χ2n) is 6.84. The molecule has 0 saturated carbocycles. The van der Waals surface area contributed by atoms with E-state index >= 15 is 0 Å². The lowest BCUT2D eigenvalue weighted by Crippen LogP contribution is -2.24. The molecule has 0 saturated heterocycles. The third-order valence-electron chi connectivity index (χ3n) is 4.09. The summed E-state index contributed by atoms with van der Waals surface area (Å²) in [5.74, 6) is -0.454. The Morgan fingerprint density at radius 1 is 0.964 bits per heavy atom. The summed E-state index contributed by atoms with van der Waals surface area (Å²) in [5, 5.41) is 5.59. The van der Waals surface area contributed by atoms with E-state index in [-0.39, 0.29) is 22.6 Å². The van der Waals surface area contributed by atoms with Gasteiger partial charge < -0.3 is 10.6 Å². The highest BCUT2D eigenvalue weighted by molar-refractivity contribution is 7.89. The molecule has 2 amide bonds. The van der Waals surface area contributed by atoms with Gasteiger partial charge in [0, 0.05) is 37.8 Å². The average molecular weight is 404 g/mol. The molecule has 0 radical (unpaired) electrons. The topological polar surface area (TPSA) is 95.6 Å². The number of carbonyl (C=O) groups is 2. The van der Waals surface area contributed by atoms with Crippen molar-refractivity contribution in [1.29, 1.82) is 0 Å². The molecule has 28 heavy (non-hydrogen) atoms. The predicted molar refractivity (Wildman–Crippen MR) is 108 cm³/mol. The van der Waals surface area contributed by atoms with Gasteiger partial charge in [-0.05, 0) is 42.0 Å². The van der Waals surface area contributed by atoms with Crippen molar-refractivity contribution >= 4 is 27.5 Å². The van der Waals surface area contributed by atoms with Crippen LogP contribution in [0.5, 0.6) is 0 Å². The molecule has 0 bridgehead atoms. The normalized spacial score (nSPS) is 11.5. The van der Waals surface area contributed by atoms with Crippen LogP contribution >= 0.6 is 0 Å². The van der Waals surface area contributed by atoms with E-state index in [1.807, 2.05) is 26.0 Å². The number of rotatable bonds is 7. The molecule has 0 atom stereocenters. The van der Waals surface area contributed by atoms with E-state index in [0.29, 0.717) is 17.8 Å². The lowest BCUT2D eigenvalue weighted by atomic mass is 10.1. The van der Waals surface area contributed by atoms with Crippen LogP contribution in [0.25, 0.3) is 0 Å². The minimum Gasteiger partial charge on any atom is -0.348 e. The molecule has 2 aromatic rings. The first kappa shape index (κ1) is 21.6. The molecule has 2 aromatic carbocycles. The van der Waals surface area contributed by atoms with Crippen LogP contribution in [0.2, 0.25) is 0 Å². The summed E-state index contributed by atoms with van der Waals surface area (Å²) in [6.07, 6.45) is 0. The second-order valence-corrected chi connectivity index (χ2v) is 8.99. The van der Waals surface area contributed by atoms with E-state index in [4.69, 9.17) is 0 Å². The second kappa shape index (κ2) is 8.99. The molecule has 0 unspecified atom stereocenters. The molecule has 2 rings (SSSR count). The van der Waals surface area contributed by atoms with Gasteiger partial charge in [-0.3, -0.25) is 9.59 Å². The van der Waals surface area contributed by atoms with E-state index in [2.05, 4.69) is 10.6 Å². The summed E-state index contributed by atoms with van der Waals surface area (Å²) in [7, 11) is -0.614. The Morgan fingerprint density at radius 3 is 2.04 bits per heavy atom. The molecule has 0 aliphatic heterocycles. The maximum Gasteiger partial charge on any atom is 0.251 e. The summed E-state index contributed by atoms with van der Waals surface area (Å²) >= 11 is 0. The van der Waals surface area contributed by atoms with E-state index in [9.17, 15) is 18.0 Å². The van der Waals surface area contributed by atoms with Gasteiger partial charge in [-0.1, -0.05) is 26.0 Å². The van der Waals surface area contributed by atoms with Crippen LogP contribution in [0.1, 0.15) is 29.8 Å².